The largest absolute Gasteiger partial charge is 0.256 e. The zero-order valence-corrected chi connectivity index (χ0v) is 11.8. The highest BCUT2D eigenvalue weighted by molar-refractivity contribution is 5.88. The van der Waals surface area contributed by atoms with Gasteiger partial charge in [0, 0.05) is 11.8 Å². The Hall–Kier alpha value is -2.41. The smallest absolute Gasteiger partial charge is 0.0705 e. The van der Waals surface area contributed by atoms with Crippen LogP contribution < -0.4 is 0 Å². The van der Waals surface area contributed by atoms with Gasteiger partial charge in [0.2, 0.25) is 0 Å². The first-order chi connectivity index (χ1) is 10.4. The molecule has 0 amide bonds. The third-order valence-electron chi connectivity index (χ3n) is 4.86. The van der Waals surface area contributed by atoms with Crippen LogP contribution in [0.5, 0.6) is 0 Å². The van der Waals surface area contributed by atoms with Crippen molar-refractivity contribution in [2.45, 2.75) is 19.3 Å². The highest BCUT2D eigenvalue weighted by Gasteiger charge is 2.29. The lowest BCUT2D eigenvalue weighted by Crippen LogP contribution is -2.04. The molecule has 1 nitrogen and oxygen atoms in total. The van der Waals surface area contributed by atoms with Crippen LogP contribution in [0.2, 0.25) is 0 Å². The lowest BCUT2D eigenvalue weighted by molar-refractivity contribution is 0.943. The molecule has 0 saturated carbocycles. The molecule has 0 atom stereocenters. The van der Waals surface area contributed by atoms with E-state index in [1.165, 1.54) is 51.8 Å². The van der Waals surface area contributed by atoms with Crippen molar-refractivity contribution in [2.75, 3.05) is 0 Å². The fourth-order valence-corrected chi connectivity index (χ4v) is 3.95. The number of hydrogen-bond donors (Lipinski definition) is 0. The number of aryl methyl sites for hydroxylation is 2. The number of hydrogen-bond acceptors (Lipinski definition) is 1. The molecule has 1 heterocycles. The van der Waals surface area contributed by atoms with Crippen molar-refractivity contribution in [3.05, 3.63) is 77.0 Å². The summed E-state index contributed by atoms with van der Waals surface area (Å²) in [4.78, 5) is 4.56. The summed E-state index contributed by atoms with van der Waals surface area (Å²) in [6.45, 7) is 0. The molecule has 1 aromatic heterocycles. The van der Waals surface area contributed by atoms with Gasteiger partial charge < -0.3 is 0 Å². The van der Waals surface area contributed by atoms with Crippen LogP contribution in [0.3, 0.4) is 0 Å². The zero-order chi connectivity index (χ0) is 13.8. The third-order valence-corrected chi connectivity index (χ3v) is 4.86. The van der Waals surface area contributed by atoms with Gasteiger partial charge in [0.05, 0.1) is 5.69 Å². The summed E-state index contributed by atoms with van der Waals surface area (Å²) < 4.78 is 0. The molecule has 0 N–H and O–H groups in total. The molecule has 0 bridgehead atoms. The van der Waals surface area contributed by atoms with E-state index < -0.39 is 0 Å². The van der Waals surface area contributed by atoms with Crippen LogP contribution in [0.25, 0.3) is 22.4 Å². The van der Waals surface area contributed by atoms with Crippen molar-refractivity contribution in [2.24, 2.45) is 0 Å². The fourth-order valence-electron chi connectivity index (χ4n) is 3.95. The van der Waals surface area contributed by atoms with Crippen LogP contribution in [0.15, 0.2) is 54.7 Å². The average Bonchev–Trinajstić information content (AvgIpc) is 2.94. The third kappa shape index (κ3) is 1.49. The van der Waals surface area contributed by atoms with Gasteiger partial charge in [-0.25, -0.2) is 0 Å². The first kappa shape index (κ1) is 11.3. The van der Waals surface area contributed by atoms with Gasteiger partial charge in [-0.2, -0.15) is 0 Å². The van der Waals surface area contributed by atoms with Crippen LogP contribution in [-0.4, -0.2) is 4.98 Å². The molecule has 2 aliphatic rings. The summed E-state index contributed by atoms with van der Waals surface area (Å²) in [6, 6.07) is 17.5. The SMILES string of the molecule is c1ccc(-c2ccc3c4c2Cc2cccc(c2-4)CC3)nc1. The second-order valence-electron chi connectivity index (χ2n) is 5.97. The van der Waals surface area contributed by atoms with Crippen molar-refractivity contribution >= 4 is 0 Å². The van der Waals surface area contributed by atoms with Gasteiger partial charge in [-0.3, -0.25) is 4.98 Å². The van der Waals surface area contributed by atoms with Crippen molar-refractivity contribution in [1.82, 2.24) is 4.98 Å². The molecule has 21 heavy (non-hydrogen) atoms. The Bertz CT molecular complexity index is 863. The molecule has 100 valence electrons. The highest BCUT2D eigenvalue weighted by Crippen LogP contribution is 2.47. The second-order valence-corrected chi connectivity index (χ2v) is 5.97. The molecule has 2 aliphatic carbocycles. The Morgan fingerprint density at radius 2 is 1.57 bits per heavy atom. The summed E-state index contributed by atoms with van der Waals surface area (Å²) in [5.41, 5.74) is 11.4. The number of benzene rings is 2. The summed E-state index contributed by atoms with van der Waals surface area (Å²) in [5.74, 6) is 0. The number of pyridine rings is 1. The van der Waals surface area contributed by atoms with E-state index in [1.54, 1.807) is 0 Å². The Balaban J connectivity index is 1.83. The maximum absolute atomic E-state index is 4.56. The quantitative estimate of drug-likeness (QED) is 0.498. The molecule has 3 aromatic rings. The van der Waals surface area contributed by atoms with Crippen LogP contribution in [-0.2, 0) is 19.3 Å². The van der Waals surface area contributed by atoms with E-state index in [-0.39, 0.29) is 0 Å². The predicted molar refractivity (Wildman–Crippen MR) is 85.3 cm³/mol. The monoisotopic (exact) mass is 269 g/mol. The normalized spacial score (nSPS) is 14.1. The van der Waals surface area contributed by atoms with E-state index >= 15 is 0 Å². The van der Waals surface area contributed by atoms with Crippen LogP contribution in [0.1, 0.15) is 22.3 Å². The molecule has 0 radical (unpaired) electrons. The maximum atomic E-state index is 4.56. The van der Waals surface area contributed by atoms with Gasteiger partial charge in [-0.1, -0.05) is 36.4 Å². The lowest BCUT2D eigenvalue weighted by Gasteiger charge is -2.20. The van der Waals surface area contributed by atoms with Gasteiger partial charge in [0.15, 0.2) is 0 Å². The van der Waals surface area contributed by atoms with Crippen LogP contribution >= 0.6 is 0 Å². The summed E-state index contributed by atoms with van der Waals surface area (Å²) in [7, 11) is 0. The topological polar surface area (TPSA) is 12.9 Å². The molecule has 2 aromatic carbocycles. The Kier molecular flexibility index (Phi) is 2.17. The highest BCUT2D eigenvalue weighted by atomic mass is 14.7. The van der Waals surface area contributed by atoms with Gasteiger partial charge in [-0.15, -0.1) is 0 Å². The van der Waals surface area contributed by atoms with Gasteiger partial charge in [0.25, 0.3) is 0 Å². The number of nitrogens with zero attached hydrogens (tertiary/aromatic N) is 1. The summed E-state index contributed by atoms with van der Waals surface area (Å²) >= 11 is 0. The Morgan fingerprint density at radius 1 is 0.714 bits per heavy atom. The molecule has 1 heteroatoms. The van der Waals surface area contributed by atoms with E-state index in [1.807, 2.05) is 12.3 Å². The molecule has 5 rings (SSSR count). The predicted octanol–water partition coefficient (Wildman–Crippen LogP) is 4.42. The second kappa shape index (κ2) is 4.05. The van der Waals surface area contributed by atoms with Crippen LogP contribution in [0, 0.1) is 0 Å². The van der Waals surface area contributed by atoms with E-state index in [2.05, 4.69) is 47.4 Å². The molecular weight excluding hydrogens is 254 g/mol. The van der Waals surface area contributed by atoms with E-state index in [9.17, 15) is 0 Å². The number of rotatable bonds is 1. The Morgan fingerprint density at radius 3 is 2.43 bits per heavy atom. The first-order valence-corrected chi connectivity index (χ1v) is 7.59. The molecule has 0 unspecified atom stereocenters. The van der Waals surface area contributed by atoms with Crippen molar-refractivity contribution in [1.29, 1.82) is 0 Å². The van der Waals surface area contributed by atoms with E-state index in [0.717, 1.165) is 12.1 Å². The molecule has 0 spiro atoms. The zero-order valence-electron chi connectivity index (χ0n) is 11.8. The first-order valence-electron chi connectivity index (χ1n) is 7.59. The molecular formula is C20H15N. The van der Waals surface area contributed by atoms with Gasteiger partial charge >= 0.3 is 0 Å². The molecule has 0 saturated heterocycles. The molecule has 0 fully saturated rings. The van der Waals surface area contributed by atoms with Crippen molar-refractivity contribution in [3.8, 4) is 22.4 Å². The Labute approximate surface area is 124 Å². The van der Waals surface area contributed by atoms with E-state index in [0.29, 0.717) is 0 Å². The van der Waals surface area contributed by atoms with Crippen LogP contribution in [0.4, 0.5) is 0 Å². The summed E-state index contributed by atoms with van der Waals surface area (Å²) in [5, 5.41) is 0. The minimum atomic E-state index is 1.05. The summed E-state index contributed by atoms with van der Waals surface area (Å²) in [6.07, 6.45) is 5.28. The maximum Gasteiger partial charge on any atom is 0.0705 e. The number of aromatic nitrogens is 1. The lowest BCUT2D eigenvalue weighted by atomic mass is 9.84. The minimum Gasteiger partial charge on any atom is -0.256 e. The van der Waals surface area contributed by atoms with Gasteiger partial charge in [0.1, 0.15) is 0 Å². The standard InChI is InChI=1S/C20H15N/c1-2-11-21-18(6-1)16-10-9-14-8-7-13-4-3-5-15-12-17(16)20(14)19(13)15/h1-6,9-11H,7-8,12H2. The van der Waals surface area contributed by atoms with Crippen molar-refractivity contribution in [3.63, 3.8) is 0 Å². The molecule has 0 aliphatic heterocycles. The average molecular weight is 269 g/mol. The van der Waals surface area contributed by atoms with Crippen molar-refractivity contribution < 1.29 is 0 Å². The fraction of sp³-hybridized carbons (Fsp3) is 0.150. The van der Waals surface area contributed by atoms with E-state index in [4.69, 9.17) is 0 Å². The minimum absolute atomic E-state index is 1.05. The van der Waals surface area contributed by atoms with Gasteiger partial charge in [-0.05, 0) is 64.8 Å².